The van der Waals surface area contributed by atoms with Crippen LogP contribution in [0.25, 0.3) is 21.7 Å². The third-order valence-electron chi connectivity index (χ3n) is 3.14. The smallest absolute Gasteiger partial charge is 0.422 e. The molecule has 7 heteroatoms. The molecule has 0 radical (unpaired) electrons. The summed E-state index contributed by atoms with van der Waals surface area (Å²) in [7, 11) is 0. The number of anilines is 1. The van der Waals surface area contributed by atoms with E-state index < -0.39 is 17.7 Å². The van der Waals surface area contributed by atoms with Crippen LogP contribution in [0.2, 0.25) is 0 Å². The maximum absolute atomic E-state index is 12.2. The lowest BCUT2D eigenvalue weighted by atomic mass is 10.1. The zero-order valence-electron chi connectivity index (χ0n) is 10.9. The summed E-state index contributed by atoms with van der Waals surface area (Å²) >= 11 is 0. The van der Waals surface area contributed by atoms with Crippen LogP contribution in [0.15, 0.2) is 51.7 Å². The summed E-state index contributed by atoms with van der Waals surface area (Å²) in [6.07, 6.45) is -4.99. The second kappa shape index (κ2) is 4.87. The Kier molecular flexibility index (Phi) is 3.13. The lowest BCUT2D eigenvalue weighted by Gasteiger charge is -2.09. The monoisotopic (exact) mass is 307 g/mol. The summed E-state index contributed by atoms with van der Waals surface area (Å²) in [5.74, 6) is -2.09. The van der Waals surface area contributed by atoms with Gasteiger partial charge in [-0.1, -0.05) is 18.2 Å². The van der Waals surface area contributed by atoms with Gasteiger partial charge in [-0.3, -0.25) is 4.79 Å². The molecule has 2 aromatic carbocycles. The standard InChI is InChI=1S/C15H8F3NO3/c16-15(17,18)14(21)19-8-5-6-10-9-3-1-2-4-11(9)13(20)22-12(10)7-8/h1-7H,(H,19,21). The number of rotatable bonds is 1. The molecular formula is C15H8F3NO3. The average Bonchev–Trinajstić information content (AvgIpc) is 2.46. The molecule has 0 spiro atoms. The van der Waals surface area contributed by atoms with E-state index in [1.54, 1.807) is 29.6 Å². The molecule has 112 valence electrons. The van der Waals surface area contributed by atoms with Crippen LogP contribution in [0.4, 0.5) is 18.9 Å². The topological polar surface area (TPSA) is 59.3 Å². The minimum absolute atomic E-state index is 0.101. The molecule has 0 aliphatic carbocycles. The Bertz CT molecular complexity index is 944. The van der Waals surface area contributed by atoms with Crippen LogP contribution in [-0.2, 0) is 4.79 Å². The van der Waals surface area contributed by atoms with Gasteiger partial charge in [-0.2, -0.15) is 13.2 Å². The van der Waals surface area contributed by atoms with E-state index in [4.69, 9.17) is 4.42 Å². The van der Waals surface area contributed by atoms with E-state index in [0.29, 0.717) is 16.2 Å². The number of amides is 1. The molecule has 1 aromatic heterocycles. The third-order valence-corrected chi connectivity index (χ3v) is 3.14. The van der Waals surface area contributed by atoms with Crippen molar-refractivity contribution in [1.29, 1.82) is 0 Å². The van der Waals surface area contributed by atoms with E-state index in [2.05, 4.69) is 0 Å². The number of fused-ring (bicyclic) bond motifs is 3. The first-order valence-corrected chi connectivity index (χ1v) is 6.20. The van der Waals surface area contributed by atoms with Gasteiger partial charge >= 0.3 is 17.7 Å². The summed E-state index contributed by atoms with van der Waals surface area (Å²) < 4.78 is 41.8. The van der Waals surface area contributed by atoms with E-state index in [9.17, 15) is 22.8 Å². The molecule has 0 fully saturated rings. The number of benzene rings is 2. The molecule has 0 saturated carbocycles. The molecular weight excluding hydrogens is 299 g/mol. The van der Waals surface area contributed by atoms with Crippen molar-refractivity contribution in [3.8, 4) is 0 Å². The number of carbonyl (C=O) groups is 1. The fourth-order valence-corrected chi connectivity index (χ4v) is 2.16. The van der Waals surface area contributed by atoms with Gasteiger partial charge in [0.25, 0.3) is 0 Å². The Morgan fingerprint density at radius 1 is 1.00 bits per heavy atom. The lowest BCUT2D eigenvalue weighted by molar-refractivity contribution is -0.167. The number of hydrogen-bond acceptors (Lipinski definition) is 3. The van der Waals surface area contributed by atoms with Crippen LogP contribution < -0.4 is 10.9 Å². The number of nitrogens with one attached hydrogen (secondary N) is 1. The molecule has 3 aromatic rings. The van der Waals surface area contributed by atoms with Crippen molar-refractivity contribution < 1.29 is 22.4 Å². The Morgan fingerprint density at radius 3 is 2.36 bits per heavy atom. The first kappa shape index (κ1) is 14.1. The normalized spacial score (nSPS) is 11.8. The molecule has 1 N–H and O–H groups in total. The molecule has 0 atom stereocenters. The van der Waals surface area contributed by atoms with Crippen molar-refractivity contribution in [1.82, 2.24) is 0 Å². The predicted octanol–water partition coefficient (Wildman–Crippen LogP) is 3.45. The van der Waals surface area contributed by atoms with Crippen LogP contribution >= 0.6 is 0 Å². The molecule has 0 saturated heterocycles. The van der Waals surface area contributed by atoms with Crippen LogP contribution in [0.1, 0.15) is 0 Å². The van der Waals surface area contributed by atoms with Crippen molar-refractivity contribution in [2.45, 2.75) is 6.18 Å². The van der Waals surface area contributed by atoms with Crippen molar-refractivity contribution in [3.05, 3.63) is 52.9 Å². The number of halogens is 3. The van der Waals surface area contributed by atoms with Gasteiger partial charge in [0.05, 0.1) is 5.39 Å². The lowest BCUT2D eigenvalue weighted by Crippen LogP contribution is -2.29. The van der Waals surface area contributed by atoms with Gasteiger partial charge in [0.1, 0.15) is 5.58 Å². The van der Waals surface area contributed by atoms with Gasteiger partial charge in [-0.05, 0) is 23.6 Å². The molecule has 22 heavy (non-hydrogen) atoms. The van der Waals surface area contributed by atoms with E-state index >= 15 is 0 Å². The maximum Gasteiger partial charge on any atom is 0.471 e. The van der Waals surface area contributed by atoms with E-state index in [1.165, 1.54) is 18.2 Å². The summed E-state index contributed by atoms with van der Waals surface area (Å²) in [6, 6.07) is 10.7. The van der Waals surface area contributed by atoms with Crippen molar-refractivity contribution in [2.75, 3.05) is 5.32 Å². The summed E-state index contributed by atoms with van der Waals surface area (Å²) in [5, 5.41) is 3.29. The number of hydrogen-bond donors (Lipinski definition) is 1. The summed E-state index contributed by atoms with van der Waals surface area (Å²) in [4.78, 5) is 22.8. The van der Waals surface area contributed by atoms with Gasteiger partial charge in [0.2, 0.25) is 0 Å². The Balaban J connectivity index is 2.13. The SMILES string of the molecule is O=C(Nc1ccc2c(c1)oc(=O)c1ccccc12)C(F)(F)F. The molecule has 0 unspecified atom stereocenters. The zero-order chi connectivity index (χ0) is 15.9. The molecule has 3 rings (SSSR count). The van der Waals surface area contributed by atoms with Gasteiger partial charge in [-0.15, -0.1) is 0 Å². The molecule has 0 bridgehead atoms. The van der Waals surface area contributed by atoms with Gasteiger partial charge in [0, 0.05) is 17.1 Å². The van der Waals surface area contributed by atoms with Crippen molar-refractivity contribution in [2.24, 2.45) is 0 Å². The Hall–Kier alpha value is -2.83. The van der Waals surface area contributed by atoms with Crippen molar-refractivity contribution in [3.63, 3.8) is 0 Å². The Labute approximate surface area is 121 Å². The third kappa shape index (κ3) is 2.41. The second-order valence-corrected chi connectivity index (χ2v) is 4.60. The van der Waals surface area contributed by atoms with Crippen LogP contribution in [-0.4, -0.2) is 12.1 Å². The van der Waals surface area contributed by atoms with Gasteiger partial charge < -0.3 is 9.73 Å². The van der Waals surface area contributed by atoms with Gasteiger partial charge in [0.15, 0.2) is 0 Å². The molecule has 1 amide bonds. The molecule has 0 aliphatic heterocycles. The van der Waals surface area contributed by atoms with Crippen LogP contribution in [0.3, 0.4) is 0 Å². The first-order chi connectivity index (χ1) is 10.4. The minimum atomic E-state index is -4.99. The second-order valence-electron chi connectivity index (χ2n) is 4.60. The maximum atomic E-state index is 12.2. The highest BCUT2D eigenvalue weighted by Gasteiger charge is 2.38. The zero-order valence-corrected chi connectivity index (χ0v) is 10.9. The number of alkyl halides is 3. The molecule has 4 nitrogen and oxygen atoms in total. The summed E-state index contributed by atoms with van der Waals surface area (Å²) in [6.45, 7) is 0. The number of carbonyl (C=O) groups excluding carboxylic acids is 1. The minimum Gasteiger partial charge on any atom is -0.422 e. The molecule has 0 aliphatic rings. The largest absolute Gasteiger partial charge is 0.471 e. The Morgan fingerprint density at radius 2 is 1.68 bits per heavy atom. The summed E-state index contributed by atoms with van der Waals surface area (Å²) in [5.41, 5.74) is -0.598. The average molecular weight is 307 g/mol. The van der Waals surface area contributed by atoms with Gasteiger partial charge in [-0.25, -0.2) is 4.79 Å². The fourth-order valence-electron chi connectivity index (χ4n) is 2.16. The predicted molar refractivity (Wildman–Crippen MR) is 74.7 cm³/mol. The van der Waals surface area contributed by atoms with Crippen LogP contribution in [0.5, 0.6) is 0 Å². The van der Waals surface area contributed by atoms with Crippen LogP contribution in [0, 0.1) is 0 Å². The van der Waals surface area contributed by atoms with E-state index in [-0.39, 0.29) is 11.3 Å². The van der Waals surface area contributed by atoms with Crippen molar-refractivity contribution >= 4 is 33.3 Å². The van der Waals surface area contributed by atoms with E-state index in [1.807, 2.05) is 0 Å². The fraction of sp³-hybridized carbons (Fsp3) is 0.0667. The highest BCUT2D eigenvalue weighted by molar-refractivity contribution is 6.05. The quantitative estimate of drug-likeness (QED) is 0.553. The highest BCUT2D eigenvalue weighted by atomic mass is 19.4. The molecule has 1 heterocycles. The van der Waals surface area contributed by atoms with E-state index in [0.717, 1.165) is 0 Å². The first-order valence-electron chi connectivity index (χ1n) is 6.20. The highest BCUT2D eigenvalue weighted by Crippen LogP contribution is 2.26.